The molecule has 1 aliphatic rings. The van der Waals surface area contributed by atoms with E-state index in [1.54, 1.807) is 0 Å². The average molecular weight is 384 g/mol. The Kier molecular flexibility index (Phi) is 4.79. The zero-order valence-corrected chi connectivity index (χ0v) is 14.3. The number of hydrogen-bond acceptors (Lipinski definition) is 2. The smallest absolute Gasteiger partial charge is 0.186 e. The minimum atomic E-state index is -2.25. The maximum absolute atomic E-state index is 14.5. The molecular formula is C16H12ClF2N3O2S. The predicted molar refractivity (Wildman–Crippen MR) is 89.8 cm³/mol. The summed E-state index contributed by atoms with van der Waals surface area (Å²) in [6, 6.07) is 6.97. The van der Waals surface area contributed by atoms with Gasteiger partial charge in [-0.3, -0.25) is 0 Å². The van der Waals surface area contributed by atoms with Crippen molar-refractivity contribution < 1.29 is 17.5 Å². The molecule has 1 aliphatic carbocycles. The van der Waals surface area contributed by atoms with Crippen LogP contribution in [0.1, 0.15) is 24.0 Å². The van der Waals surface area contributed by atoms with Gasteiger partial charge in [-0.15, -0.1) is 0 Å². The number of nitrogens with zero attached hydrogens (tertiary/aromatic N) is 3. The molecular weight excluding hydrogens is 372 g/mol. The fourth-order valence-electron chi connectivity index (χ4n) is 3.33. The van der Waals surface area contributed by atoms with Crippen LogP contribution in [-0.2, 0) is 16.5 Å². The van der Waals surface area contributed by atoms with Crippen LogP contribution in [0, 0.1) is 11.6 Å². The van der Waals surface area contributed by atoms with Crippen LogP contribution in [0.5, 0.6) is 0 Å². The van der Waals surface area contributed by atoms with Gasteiger partial charge in [0.15, 0.2) is 11.1 Å². The lowest BCUT2D eigenvalue weighted by Gasteiger charge is -2.47. The molecule has 1 saturated carbocycles. The van der Waals surface area contributed by atoms with Crippen molar-refractivity contribution in [3.05, 3.63) is 74.6 Å². The van der Waals surface area contributed by atoms with E-state index in [1.807, 2.05) is 0 Å². The van der Waals surface area contributed by atoms with Crippen LogP contribution in [0.15, 0.2) is 46.4 Å². The van der Waals surface area contributed by atoms with Gasteiger partial charge in [0.05, 0.1) is 4.90 Å². The second kappa shape index (κ2) is 6.72. The molecule has 1 unspecified atom stereocenters. The Labute approximate surface area is 149 Å². The second-order valence-electron chi connectivity index (χ2n) is 5.86. The highest BCUT2D eigenvalue weighted by Crippen LogP contribution is 2.53. The zero-order chi connectivity index (χ0) is 18.2. The standard InChI is InChI=1S/C16H12ClF2N3O2S/c17-14-3-2-11(25(23)24)6-12(14)16(7-10(8-16)21-22-20)13-5-9(18)1-4-15(13)19/h1-6,10H,7-8H2,(H,23,24). The van der Waals surface area contributed by atoms with Crippen LogP contribution in [-0.4, -0.2) is 14.8 Å². The molecule has 0 amide bonds. The van der Waals surface area contributed by atoms with Crippen molar-refractivity contribution in [2.24, 2.45) is 5.11 Å². The highest BCUT2D eigenvalue weighted by atomic mass is 35.5. The van der Waals surface area contributed by atoms with Crippen molar-refractivity contribution in [2.75, 3.05) is 0 Å². The summed E-state index contributed by atoms with van der Waals surface area (Å²) in [7, 11) is 0. The Morgan fingerprint density at radius 2 is 1.96 bits per heavy atom. The van der Waals surface area contributed by atoms with Gasteiger partial charge in [0.25, 0.3) is 0 Å². The van der Waals surface area contributed by atoms with Gasteiger partial charge < -0.3 is 4.55 Å². The molecule has 0 aromatic heterocycles. The lowest BCUT2D eigenvalue weighted by molar-refractivity contribution is 0.244. The van der Waals surface area contributed by atoms with Gasteiger partial charge in [-0.1, -0.05) is 16.7 Å². The molecule has 0 radical (unpaired) electrons. The first-order valence-electron chi connectivity index (χ1n) is 7.28. The molecule has 0 heterocycles. The van der Waals surface area contributed by atoms with Crippen LogP contribution >= 0.6 is 11.6 Å². The largest absolute Gasteiger partial charge is 0.302 e. The summed E-state index contributed by atoms with van der Waals surface area (Å²) < 4.78 is 48.9. The molecule has 0 aliphatic heterocycles. The minimum absolute atomic E-state index is 0.0830. The first-order chi connectivity index (χ1) is 11.9. The third-order valence-corrected chi connectivity index (χ3v) is 5.47. The molecule has 1 atom stereocenters. The Morgan fingerprint density at radius 1 is 1.24 bits per heavy atom. The molecule has 1 fully saturated rings. The number of benzene rings is 2. The number of halogens is 3. The number of azide groups is 1. The first kappa shape index (κ1) is 17.8. The van der Waals surface area contributed by atoms with Crippen molar-refractivity contribution in [1.29, 1.82) is 0 Å². The molecule has 1 N–H and O–H groups in total. The first-order valence-corrected chi connectivity index (χ1v) is 8.76. The maximum atomic E-state index is 14.5. The van der Waals surface area contributed by atoms with E-state index in [4.69, 9.17) is 17.1 Å². The minimum Gasteiger partial charge on any atom is -0.302 e. The van der Waals surface area contributed by atoms with E-state index in [1.165, 1.54) is 18.2 Å². The quantitative estimate of drug-likeness (QED) is 0.350. The monoisotopic (exact) mass is 383 g/mol. The van der Waals surface area contributed by atoms with Crippen LogP contribution < -0.4 is 0 Å². The molecule has 5 nitrogen and oxygen atoms in total. The van der Waals surface area contributed by atoms with Crippen LogP contribution in [0.3, 0.4) is 0 Å². The SMILES string of the molecule is [N-]=[N+]=NC1CC(c2cc(F)ccc2F)(c2cc(S(=O)O)ccc2Cl)C1. The van der Waals surface area contributed by atoms with Gasteiger partial charge in [-0.25, -0.2) is 13.0 Å². The van der Waals surface area contributed by atoms with Gasteiger partial charge in [-0.05, 0) is 60.3 Å². The van der Waals surface area contributed by atoms with E-state index < -0.39 is 34.2 Å². The molecule has 25 heavy (non-hydrogen) atoms. The summed E-state index contributed by atoms with van der Waals surface area (Å²) in [5, 5.41) is 3.89. The van der Waals surface area contributed by atoms with Gasteiger partial charge in [0, 0.05) is 27.0 Å². The Morgan fingerprint density at radius 3 is 2.60 bits per heavy atom. The summed E-state index contributed by atoms with van der Waals surface area (Å²) in [6.45, 7) is 0. The molecule has 3 rings (SSSR count). The predicted octanol–water partition coefficient (Wildman–Crippen LogP) is 4.96. The van der Waals surface area contributed by atoms with Crippen molar-refractivity contribution in [3.63, 3.8) is 0 Å². The average Bonchev–Trinajstić information content (AvgIpc) is 2.53. The lowest BCUT2D eigenvalue weighted by Crippen LogP contribution is -2.45. The van der Waals surface area contributed by atoms with Crippen LogP contribution in [0.2, 0.25) is 5.02 Å². The van der Waals surface area contributed by atoms with Crippen molar-refractivity contribution >= 4 is 22.7 Å². The highest BCUT2D eigenvalue weighted by molar-refractivity contribution is 7.79. The van der Waals surface area contributed by atoms with E-state index in [2.05, 4.69) is 10.0 Å². The summed E-state index contributed by atoms with van der Waals surface area (Å²) >= 11 is 4.02. The summed E-state index contributed by atoms with van der Waals surface area (Å²) in [5.41, 5.74) is 8.07. The summed E-state index contributed by atoms with van der Waals surface area (Å²) in [6.07, 6.45) is 0.442. The third-order valence-electron chi connectivity index (χ3n) is 4.48. The van der Waals surface area contributed by atoms with Crippen molar-refractivity contribution in [2.45, 2.75) is 29.2 Å². The Hall–Kier alpha value is -1.99. The van der Waals surface area contributed by atoms with Crippen LogP contribution in [0.25, 0.3) is 10.4 Å². The van der Waals surface area contributed by atoms with Crippen molar-refractivity contribution in [1.82, 2.24) is 0 Å². The van der Waals surface area contributed by atoms with E-state index in [-0.39, 0.29) is 28.3 Å². The Balaban J connectivity index is 2.20. The van der Waals surface area contributed by atoms with E-state index in [0.29, 0.717) is 5.56 Å². The molecule has 0 bridgehead atoms. The topological polar surface area (TPSA) is 86.1 Å². The second-order valence-corrected chi connectivity index (χ2v) is 7.24. The van der Waals surface area contributed by atoms with Gasteiger partial charge in [0.2, 0.25) is 0 Å². The molecule has 2 aromatic carbocycles. The summed E-state index contributed by atoms with van der Waals surface area (Å²) in [4.78, 5) is 2.85. The molecule has 130 valence electrons. The third kappa shape index (κ3) is 3.14. The highest BCUT2D eigenvalue weighted by Gasteiger charge is 2.49. The van der Waals surface area contributed by atoms with Crippen LogP contribution in [0.4, 0.5) is 8.78 Å². The van der Waals surface area contributed by atoms with Gasteiger partial charge >= 0.3 is 0 Å². The van der Waals surface area contributed by atoms with E-state index in [9.17, 15) is 17.5 Å². The molecule has 0 spiro atoms. The lowest BCUT2D eigenvalue weighted by atomic mass is 9.58. The zero-order valence-electron chi connectivity index (χ0n) is 12.7. The summed E-state index contributed by atoms with van der Waals surface area (Å²) in [5.74, 6) is -1.23. The van der Waals surface area contributed by atoms with Gasteiger partial charge in [-0.2, -0.15) is 0 Å². The molecule has 9 heteroatoms. The fraction of sp³-hybridized carbons (Fsp3) is 0.250. The maximum Gasteiger partial charge on any atom is 0.186 e. The fourth-order valence-corrected chi connectivity index (χ4v) is 4.03. The number of hydrogen-bond donors (Lipinski definition) is 1. The Bertz CT molecular complexity index is 912. The van der Waals surface area contributed by atoms with E-state index in [0.717, 1.165) is 18.2 Å². The normalized spacial score (nSPS) is 23.4. The molecule has 0 saturated heterocycles. The molecule has 2 aromatic rings. The van der Waals surface area contributed by atoms with E-state index >= 15 is 0 Å². The number of rotatable bonds is 4. The van der Waals surface area contributed by atoms with Gasteiger partial charge in [0.1, 0.15) is 11.6 Å². The van der Waals surface area contributed by atoms with Crippen molar-refractivity contribution in [3.8, 4) is 0 Å².